The lowest BCUT2D eigenvalue weighted by atomic mass is 9.97. The standard InChI is InChI=1S/C10H16N4O4/c1-10(2,3)7-11-8(12-18-7)14-6(16)5(15)13(4)9(14)17/h5-6,15-16H,1-4H3. The van der Waals surface area contributed by atoms with Gasteiger partial charge in [-0.25, -0.2) is 9.69 Å². The van der Waals surface area contributed by atoms with Crippen molar-refractivity contribution in [2.45, 2.75) is 38.6 Å². The number of rotatable bonds is 1. The second-order valence-electron chi connectivity index (χ2n) is 5.24. The molecule has 1 aliphatic heterocycles. The van der Waals surface area contributed by atoms with Crippen LogP contribution in [0.2, 0.25) is 0 Å². The second-order valence-corrected chi connectivity index (χ2v) is 5.24. The Hall–Kier alpha value is -1.67. The monoisotopic (exact) mass is 256 g/mol. The fourth-order valence-corrected chi connectivity index (χ4v) is 1.55. The molecule has 1 fully saturated rings. The van der Waals surface area contributed by atoms with E-state index in [0.717, 1.165) is 9.80 Å². The quantitative estimate of drug-likeness (QED) is 0.726. The summed E-state index contributed by atoms with van der Waals surface area (Å²) in [6.45, 7) is 5.65. The van der Waals surface area contributed by atoms with E-state index >= 15 is 0 Å². The van der Waals surface area contributed by atoms with Crippen molar-refractivity contribution in [3.63, 3.8) is 0 Å². The van der Waals surface area contributed by atoms with Crippen molar-refractivity contribution in [2.75, 3.05) is 11.9 Å². The number of hydrogen-bond acceptors (Lipinski definition) is 6. The minimum Gasteiger partial charge on any atom is -0.369 e. The molecule has 2 amide bonds. The van der Waals surface area contributed by atoms with Crippen LogP contribution in [0.15, 0.2) is 4.52 Å². The average molecular weight is 256 g/mol. The van der Waals surface area contributed by atoms with Gasteiger partial charge in [0, 0.05) is 12.5 Å². The lowest BCUT2D eigenvalue weighted by molar-refractivity contribution is -0.0185. The molecule has 2 atom stereocenters. The number of hydrogen-bond donors (Lipinski definition) is 2. The van der Waals surface area contributed by atoms with Gasteiger partial charge < -0.3 is 14.7 Å². The molecule has 2 rings (SSSR count). The summed E-state index contributed by atoms with van der Waals surface area (Å²) in [5, 5.41) is 23.0. The Balaban J connectivity index is 2.33. The van der Waals surface area contributed by atoms with Crippen LogP contribution in [-0.2, 0) is 5.41 Å². The number of nitrogens with zero attached hydrogens (tertiary/aromatic N) is 4. The molecular weight excluding hydrogens is 240 g/mol. The van der Waals surface area contributed by atoms with Gasteiger partial charge in [-0.05, 0) is 5.16 Å². The molecule has 0 aliphatic carbocycles. The molecule has 0 radical (unpaired) electrons. The first-order chi connectivity index (χ1) is 8.23. The summed E-state index contributed by atoms with van der Waals surface area (Å²) < 4.78 is 5.04. The van der Waals surface area contributed by atoms with Gasteiger partial charge in [-0.15, -0.1) is 0 Å². The number of amides is 2. The molecule has 1 aromatic rings. The van der Waals surface area contributed by atoms with E-state index in [9.17, 15) is 15.0 Å². The Morgan fingerprint density at radius 3 is 2.28 bits per heavy atom. The van der Waals surface area contributed by atoms with Gasteiger partial charge in [0.05, 0.1) is 0 Å². The molecule has 8 heteroatoms. The van der Waals surface area contributed by atoms with Gasteiger partial charge in [0.1, 0.15) is 0 Å². The number of anilines is 1. The highest BCUT2D eigenvalue weighted by Crippen LogP contribution is 2.27. The van der Waals surface area contributed by atoms with Crippen LogP contribution >= 0.6 is 0 Å². The van der Waals surface area contributed by atoms with Crippen molar-refractivity contribution in [3.05, 3.63) is 5.89 Å². The van der Waals surface area contributed by atoms with E-state index in [4.69, 9.17) is 4.52 Å². The lowest BCUT2D eigenvalue weighted by Crippen LogP contribution is -2.37. The Morgan fingerprint density at radius 1 is 1.28 bits per heavy atom. The minimum atomic E-state index is -1.41. The third-order valence-corrected chi connectivity index (χ3v) is 2.71. The fourth-order valence-electron chi connectivity index (χ4n) is 1.55. The number of aliphatic hydroxyl groups is 2. The van der Waals surface area contributed by atoms with Crippen molar-refractivity contribution in [2.24, 2.45) is 0 Å². The van der Waals surface area contributed by atoms with Crippen LogP contribution in [0.1, 0.15) is 26.7 Å². The maximum atomic E-state index is 11.8. The molecule has 0 bridgehead atoms. The van der Waals surface area contributed by atoms with Crippen LogP contribution in [-0.4, -0.2) is 50.8 Å². The molecular formula is C10H16N4O4. The van der Waals surface area contributed by atoms with Crippen LogP contribution in [0.5, 0.6) is 0 Å². The minimum absolute atomic E-state index is 0.0548. The first kappa shape index (κ1) is 12.8. The molecule has 8 nitrogen and oxygen atoms in total. The smallest absolute Gasteiger partial charge is 0.331 e. The zero-order valence-electron chi connectivity index (χ0n) is 10.7. The number of carbonyl (C=O) groups is 1. The van der Waals surface area contributed by atoms with E-state index in [1.54, 1.807) is 0 Å². The van der Waals surface area contributed by atoms with Crippen LogP contribution in [0, 0.1) is 0 Å². The molecule has 18 heavy (non-hydrogen) atoms. The van der Waals surface area contributed by atoms with Gasteiger partial charge >= 0.3 is 6.03 Å². The van der Waals surface area contributed by atoms with Crippen LogP contribution in [0.25, 0.3) is 0 Å². The number of aliphatic hydroxyl groups excluding tert-OH is 2. The molecule has 0 spiro atoms. The highest BCUT2D eigenvalue weighted by atomic mass is 16.5. The van der Waals surface area contributed by atoms with E-state index < -0.39 is 18.5 Å². The van der Waals surface area contributed by atoms with Gasteiger partial charge in [-0.2, -0.15) is 4.98 Å². The highest BCUT2D eigenvalue weighted by molar-refractivity contribution is 5.92. The molecule has 2 unspecified atom stereocenters. The van der Waals surface area contributed by atoms with Crippen molar-refractivity contribution in [1.29, 1.82) is 0 Å². The van der Waals surface area contributed by atoms with E-state index in [-0.39, 0.29) is 11.4 Å². The van der Waals surface area contributed by atoms with Gasteiger partial charge in [0.15, 0.2) is 12.5 Å². The van der Waals surface area contributed by atoms with Crippen LogP contribution < -0.4 is 4.90 Å². The number of urea groups is 1. The summed E-state index contributed by atoms with van der Waals surface area (Å²) in [5.41, 5.74) is -0.358. The predicted molar refractivity (Wildman–Crippen MR) is 60.6 cm³/mol. The summed E-state index contributed by atoms with van der Waals surface area (Å²) in [5.74, 6) is 0.294. The Labute approximate surface area is 104 Å². The third-order valence-electron chi connectivity index (χ3n) is 2.71. The topological polar surface area (TPSA) is 103 Å². The van der Waals surface area contributed by atoms with E-state index in [1.807, 2.05) is 20.8 Å². The molecule has 2 N–H and O–H groups in total. The second kappa shape index (κ2) is 3.92. The van der Waals surface area contributed by atoms with Crippen LogP contribution in [0.4, 0.5) is 10.7 Å². The zero-order valence-corrected chi connectivity index (χ0v) is 10.7. The Bertz CT molecular complexity index is 467. The summed E-state index contributed by atoms with van der Waals surface area (Å²) in [6, 6.07) is -0.587. The lowest BCUT2D eigenvalue weighted by Gasteiger charge is -2.14. The average Bonchev–Trinajstić information content (AvgIpc) is 2.81. The van der Waals surface area contributed by atoms with E-state index in [1.165, 1.54) is 7.05 Å². The largest absolute Gasteiger partial charge is 0.369 e. The van der Waals surface area contributed by atoms with Crippen molar-refractivity contribution < 1.29 is 19.5 Å². The molecule has 1 saturated heterocycles. The van der Waals surface area contributed by atoms with Crippen LogP contribution in [0.3, 0.4) is 0 Å². The summed E-state index contributed by atoms with van der Waals surface area (Å²) in [7, 11) is 1.38. The number of likely N-dealkylation sites (N-methyl/N-ethyl adjacent to an activating group) is 1. The van der Waals surface area contributed by atoms with Gasteiger partial charge in [0.25, 0.3) is 5.95 Å². The number of carbonyl (C=O) groups excluding carboxylic acids is 1. The normalized spacial score (nSPS) is 25.1. The maximum Gasteiger partial charge on any atom is 0.331 e. The molecule has 1 aliphatic rings. The highest BCUT2D eigenvalue weighted by Gasteiger charge is 2.45. The Kier molecular flexibility index (Phi) is 2.78. The van der Waals surface area contributed by atoms with E-state index in [0.29, 0.717) is 5.89 Å². The molecule has 1 aromatic heterocycles. The molecule has 0 aromatic carbocycles. The molecule has 2 heterocycles. The van der Waals surface area contributed by atoms with Crippen molar-refractivity contribution >= 4 is 12.0 Å². The number of aromatic nitrogens is 2. The summed E-state index contributed by atoms with van der Waals surface area (Å²) in [4.78, 5) is 17.7. The summed E-state index contributed by atoms with van der Waals surface area (Å²) in [6.07, 6.45) is -2.72. The maximum absolute atomic E-state index is 11.8. The molecule has 0 saturated carbocycles. The van der Waals surface area contributed by atoms with Crippen molar-refractivity contribution in [3.8, 4) is 0 Å². The first-order valence-corrected chi connectivity index (χ1v) is 5.50. The Morgan fingerprint density at radius 2 is 1.89 bits per heavy atom. The zero-order chi connectivity index (χ0) is 13.7. The van der Waals surface area contributed by atoms with Crippen molar-refractivity contribution in [1.82, 2.24) is 15.0 Å². The summed E-state index contributed by atoms with van der Waals surface area (Å²) >= 11 is 0. The molecule has 100 valence electrons. The van der Waals surface area contributed by atoms with Gasteiger partial charge in [0.2, 0.25) is 5.89 Å². The fraction of sp³-hybridized carbons (Fsp3) is 0.700. The SMILES string of the molecule is CN1C(=O)N(c2noc(C(C)(C)C)n2)C(O)C1O. The van der Waals surface area contributed by atoms with E-state index in [2.05, 4.69) is 10.1 Å². The van der Waals surface area contributed by atoms with Gasteiger partial charge in [-0.1, -0.05) is 20.8 Å². The predicted octanol–water partition coefficient (Wildman–Crippen LogP) is -0.124. The van der Waals surface area contributed by atoms with Gasteiger partial charge in [-0.3, -0.25) is 4.90 Å². The first-order valence-electron chi connectivity index (χ1n) is 5.50. The third kappa shape index (κ3) is 1.83.